The predicted octanol–water partition coefficient (Wildman–Crippen LogP) is 3.94. The second-order valence-electron chi connectivity index (χ2n) is 8.43. The van der Waals surface area contributed by atoms with Crippen LogP contribution >= 0.6 is 11.3 Å². The average molecular weight is 526 g/mol. The highest BCUT2D eigenvalue weighted by Crippen LogP contribution is 2.32. The van der Waals surface area contributed by atoms with Gasteiger partial charge in [-0.3, -0.25) is 9.36 Å². The summed E-state index contributed by atoms with van der Waals surface area (Å²) < 4.78 is 18.5. The third-order valence-electron chi connectivity index (χ3n) is 6.16. The number of fused-ring (bicyclic) bond motifs is 1. The van der Waals surface area contributed by atoms with Crippen molar-refractivity contribution in [3.8, 4) is 23.1 Å². The van der Waals surface area contributed by atoms with Crippen molar-refractivity contribution in [1.82, 2.24) is 4.57 Å². The van der Waals surface area contributed by atoms with Gasteiger partial charge in [-0.05, 0) is 55.8 Å². The number of methoxy groups -OCH3 is 1. The molecule has 0 aliphatic carbocycles. The van der Waals surface area contributed by atoms with Gasteiger partial charge in [0.05, 0.1) is 47.2 Å². The number of nitrogens with zero attached hydrogens (tertiary/aromatic N) is 3. The van der Waals surface area contributed by atoms with Gasteiger partial charge in [-0.25, -0.2) is 9.79 Å². The maximum atomic E-state index is 13.7. The number of carbonyl (C=O) groups excluding carboxylic acids is 1. The molecule has 38 heavy (non-hydrogen) atoms. The van der Waals surface area contributed by atoms with Gasteiger partial charge in [0.25, 0.3) is 5.56 Å². The van der Waals surface area contributed by atoms with Crippen LogP contribution in [0.2, 0.25) is 0 Å². The number of benzene rings is 2. The number of thiazole rings is 1. The molecule has 0 radical (unpaired) electrons. The number of hydrogen-bond acceptors (Lipinski definition) is 8. The fraction of sp³-hybridized carbons (Fsp3) is 0.172. The Kier molecular flexibility index (Phi) is 6.81. The molecule has 5 rings (SSSR count). The fourth-order valence-corrected chi connectivity index (χ4v) is 5.42. The third kappa shape index (κ3) is 4.46. The standard InChI is InChI=1S/C29H23N3O5S/c1-4-36-28(34)25-17(2)31-29-32(26(25)18-9-11-20(35-3)12-10-18)27(33)24(38-29)15-21-13-14-23(37-21)22-8-6-5-7-19(22)16-30/h5-15,26H,4H2,1-3H3/t26-/m0/s1. The summed E-state index contributed by atoms with van der Waals surface area (Å²) in [5.74, 6) is 1.12. The van der Waals surface area contributed by atoms with E-state index in [-0.39, 0.29) is 12.2 Å². The summed E-state index contributed by atoms with van der Waals surface area (Å²) in [5, 5.41) is 9.42. The molecule has 8 nitrogen and oxygen atoms in total. The maximum absolute atomic E-state index is 13.7. The van der Waals surface area contributed by atoms with Crippen LogP contribution in [0.25, 0.3) is 17.4 Å². The topological polar surface area (TPSA) is 107 Å². The number of esters is 1. The number of carbonyl (C=O) groups is 1. The van der Waals surface area contributed by atoms with Crippen molar-refractivity contribution in [1.29, 1.82) is 5.26 Å². The summed E-state index contributed by atoms with van der Waals surface area (Å²) in [4.78, 5) is 31.8. The Morgan fingerprint density at radius 2 is 1.95 bits per heavy atom. The van der Waals surface area contributed by atoms with Crippen LogP contribution in [0.5, 0.6) is 5.75 Å². The van der Waals surface area contributed by atoms with Gasteiger partial charge in [0.15, 0.2) is 4.80 Å². The van der Waals surface area contributed by atoms with E-state index in [2.05, 4.69) is 11.1 Å². The van der Waals surface area contributed by atoms with Crippen molar-refractivity contribution in [3.05, 3.63) is 109 Å². The Balaban J connectivity index is 1.64. The Labute approximate surface area is 222 Å². The van der Waals surface area contributed by atoms with Crippen LogP contribution in [0, 0.1) is 11.3 Å². The number of ether oxygens (including phenoxy) is 2. The van der Waals surface area contributed by atoms with Gasteiger partial charge in [-0.1, -0.05) is 35.6 Å². The van der Waals surface area contributed by atoms with Crippen LogP contribution in [0.3, 0.4) is 0 Å². The monoisotopic (exact) mass is 525 g/mol. The maximum Gasteiger partial charge on any atom is 0.338 e. The van der Waals surface area contributed by atoms with Crippen LogP contribution in [-0.2, 0) is 9.53 Å². The van der Waals surface area contributed by atoms with E-state index >= 15 is 0 Å². The van der Waals surface area contributed by atoms with Crippen molar-refractivity contribution in [2.75, 3.05) is 13.7 Å². The van der Waals surface area contributed by atoms with E-state index in [9.17, 15) is 14.9 Å². The quantitative estimate of drug-likeness (QED) is 0.353. The van der Waals surface area contributed by atoms with E-state index in [0.717, 1.165) is 5.56 Å². The first kappa shape index (κ1) is 25.0. The van der Waals surface area contributed by atoms with Crippen LogP contribution in [-0.4, -0.2) is 24.3 Å². The lowest BCUT2D eigenvalue weighted by Crippen LogP contribution is -2.39. The average Bonchev–Trinajstić information content (AvgIpc) is 3.52. The molecule has 0 unspecified atom stereocenters. The number of aromatic nitrogens is 1. The Morgan fingerprint density at radius 3 is 2.66 bits per heavy atom. The van der Waals surface area contributed by atoms with Crippen LogP contribution in [0.1, 0.15) is 36.8 Å². The molecule has 0 fully saturated rings. The van der Waals surface area contributed by atoms with E-state index in [1.807, 2.05) is 24.3 Å². The zero-order valence-corrected chi connectivity index (χ0v) is 21.7. The van der Waals surface area contributed by atoms with Crippen molar-refractivity contribution >= 4 is 23.4 Å². The minimum atomic E-state index is -0.715. The lowest BCUT2D eigenvalue weighted by Gasteiger charge is -2.24. The van der Waals surface area contributed by atoms with E-state index in [1.54, 1.807) is 63.4 Å². The molecule has 0 N–H and O–H groups in total. The molecule has 0 spiro atoms. The van der Waals surface area contributed by atoms with Crippen molar-refractivity contribution < 1.29 is 18.7 Å². The Hall–Kier alpha value is -4.68. The molecule has 1 aliphatic rings. The van der Waals surface area contributed by atoms with Gasteiger partial charge in [-0.2, -0.15) is 5.26 Å². The minimum absolute atomic E-state index is 0.200. The molecule has 0 saturated heterocycles. The van der Waals surface area contributed by atoms with Gasteiger partial charge in [0.2, 0.25) is 0 Å². The molecule has 2 aromatic carbocycles. The Morgan fingerprint density at radius 1 is 1.18 bits per heavy atom. The number of nitriles is 1. The number of hydrogen-bond donors (Lipinski definition) is 0. The molecule has 0 amide bonds. The second kappa shape index (κ2) is 10.4. The number of rotatable bonds is 6. The lowest BCUT2D eigenvalue weighted by atomic mass is 9.96. The summed E-state index contributed by atoms with van der Waals surface area (Å²) in [6.07, 6.45) is 1.65. The van der Waals surface area contributed by atoms with Crippen molar-refractivity contribution in [2.45, 2.75) is 19.9 Å². The first-order valence-corrected chi connectivity index (χ1v) is 12.7. The molecule has 1 atom stereocenters. The van der Waals surface area contributed by atoms with Crippen LogP contribution < -0.4 is 19.6 Å². The van der Waals surface area contributed by atoms with Crippen LogP contribution in [0.15, 0.2) is 86.1 Å². The molecule has 4 aromatic rings. The molecule has 3 heterocycles. The van der Waals surface area contributed by atoms with Gasteiger partial charge >= 0.3 is 5.97 Å². The van der Waals surface area contributed by atoms with Crippen LogP contribution in [0.4, 0.5) is 0 Å². The van der Waals surface area contributed by atoms with Gasteiger partial charge in [0.1, 0.15) is 17.3 Å². The SMILES string of the molecule is CCOC(=O)C1=C(C)N=c2sc(=Cc3ccc(-c4ccccc4C#N)o3)c(=O)n2[C@H]1c1ccc(OC)cc1. The summed E-state index contributed by atoms with van der Waals surface area (Å²) in [7, 11) is 1.57. The molecular weight excluding hydrogens is 502 g/mol. The highest BCUT2D eigenvalue weighted by atomic mass is 32.1. The van der Waals surface area contributed by atoms with E-state index in [4.69, 9.17) is 13.9 Å². The van der Waals surface area contributed by atoms with Gasteiger partial charge < -0.3 is 13.9 Å². The van der Waals surface area contributed by atoms with Crippen molar-refractivity contribution in [2.24, 2.45) is 4.99 Å². The zero-order valence-electron chi connectivity index (χ0n) is 20.9. The highest BCUT2D eigenvalue weighted by Gasteiger charge is 2.33. The van der Waals surface area contributed by atoms with E-state index in [1.165, 1.54) is 15.9 Å². The molecule has 2 aromatic heterocycles. The van der Waals surface area contributed by atoms with E-state index in [0.29, 0.717) is 49.0 Å². The number of allylic oxidation sites excluding steroid dienone is 1. The van der Waals surface area contributed by atoms with Gasteiger partial charge in [0, 0.05) is 11.6 Å². The van der Waals surface area contributed by atoms with E-state index < -0.39 is 12.0 Å². The molecule has 0 bridgehead atoms. The molecule has 0 saturated carbocycles. The molecule has 1 aliphatic heterocycles. The lowest BCUT2D eigenvalue weighted by molar-refractivity contribution is -0.139. The first-order valence-electron chi connectivity index (χ1n) is 11.9. The Bertz CT molecular complexity index is 1780. The normalized spacial score (nSPS) is 15.0. The molecular formula is C29H23N3O5S. The summed E-state index contributed by atoms with van der Waals surface area (Å²) in [5.41, 5.74) is 2.39. The third-order valence-corrected chi connectivity index (χ3v) is 7.14. The number of furan rings is 1. The van der Waals surface area contributed by atoms with Gasteiger partial charge in [-0.15, -0.1) is 0 Å². The smallest absolute Gasteiger partial charge is 0.338 e. The predicted molar refractivity (Wildman–Crippen MR) is 142 cm³/mol. The first-order chi connectivity index (χ1) is 18.4. The summed E-state index contributed by atoms with van der Waals surface area (Å²) in [6.45, 7) is 3.68. The molecule has 9 heteroatoms. The minimum Gasteiger partial charge on any atom is -0.497 e. The molecule has 190 valence electrons. The highest BCUT2D eigenvalue weighted by molar-refractivity contribution is 7.07. The zero-order chi connectivity index (χ0) is 26.8. The fourth-order valence-electron chi connectivity index (χ4n) is 4.39. The summed E-state index contributed by atoms with van der Waals surface area (Å²) >= 11 is 1.21. The van der Waals surface area contributed by atoms with Crippen molar-refractivity contribution in [3.63, 3.8) is 0 Å². The summed E-state index contributed by atoms with van der Waals surface area (Å²) in [6, 6.07) is 19.3. The largest absolute Gasteiger partial charge is 0.497 e. The second-order valence-corrected chi connectivity index (χ2v) is 9.44.